The second kappa shape index (κ2) is 5.13. The number of nitrogens with one attached hydrogen (secondary N) is 1. The Labute approximate surface area is 88.1 Å². The van der Waals surface area contributed by atoms with Gasteiger partial charge in [-0.3, -0.25) is 0 Å². The summed E-state index contributed by atoms with van der Waals surface area (Å²) in [5, 5.41) is 3.51. The lowest BCUT2D eigenvalue weighted by molar-refractivity contribution is 0.127. The van der Waals surface area contributed by atoms with Gasteiger partial charge in [-0.1, -0.05) is 6.42 Å². The van der Waals surface area contributed by atoms with E-state index >= 15 is 0 Å². The molecule has 0 aliphatic carbocycles. The van der Waals surface area contributed by atoms with E-state index in [0.717, 1.165) is 12.0 Å². The predicted molar refractivity (Wildman–Crippen MR) is 60.5 cm³/mol. The first-order valence-electron chi connectivity index (χ1n) is 6.31. The van der Waals surface area contributed by atoms with Gasteiger partial charge in [0.25, 0.3) is 0 Å². The van der Waals surface area contributed by atoms with Gasteiger partial charge in [-0.15, -0.1) is 0 Å². The van der Waals surface area contributed by atoms with Crippen LogP contribution in [0.3, 0.4) is 0 Å². The third-order valence-electron chi connectivity index (χ3n) is 3.83. The molecule has 0 aromatic heterocycles. The average molecular weight is 196 g/mol. The number of rotatable bonds is 2. The van der Waals surface area contributed by atoms with Crippen molar-refractivity contribution >= 4 is 0 Å². The maximum absolute atomic E-state index is 3.51. The van der Waals surface area contributed by atoms with Crippen molar-refractivity contribution in [1.82, 2.24) is 10.2 Å². The highest BCUT2D eigenvalue weighted by atomic mass is 15.2. The van der Waals surface area contributed by atoms with E-state index in [1.807, 2.05) is 0 Å². The van der Waals surface area contributed by atoms with Gasteiger partial charge in [0.15, 0.2) is 0 Å². The Balaban J connectivity index is 1.76. The largest absolute Gasteiger partial charge is 0.316 e. The summed E-state index contributed by atoms with van der Waals surface area (Å²) >= 11 is 0. The molecule has 14 heavy (non-hydrogen) atoms. The molecule has 2 heterocycles. The average Bonchev–Trinajstić information content (AvgIpc) is 2.23. The topological polar surface area (TPSA) is 15.3 Å². The van der Waals surface area contributed by atoms with Crippen molar-refractivity contribution < 1.29 is 0 Å². The van der Waals surface area contributed by atoms with Gasteiger partial charge >= 0.3 is 0 Å². The van der Waals surface area contributed by atoms with E-state index in [0.29, 0.717) is 0 Å². The first kappa shape index (κ1) is 10.4. The fraction of sp³-hybridized carbons (Fsp3) is 1.00. The minimum Gasteiger partial charge on any atom is -0.316 e. The van der Waals surface area contributed by atoms with E-state index < -0.39 is 0 Å². The molecule has 2 nitrogen and oxygen atoms in total. The first-order valence-corrected chi connectivity index (χ1v) is 6.31. The Morgan fingerprint density at radius 3 is 2.86 bits per heavy atom. The molecule has 0 amide bonds. The molecule has 0 unspecified atom stereocenters. The lowest BCUT2D eigenvalue weighted by Crippen LogP contribution is -2.44. The first-order chi connectivity index (χ1) is 6.86. The van der Waals surface area contributed by atoms with Crippen molar-refractivity contribution in [2.45, 2.75) is 45.1 Å². The van der Waals surface area contributed by atoms with Crippen LogP contribution < -0.4 is 5.32 Å². The fourth-order valence-corrected chi connectivity index (χ4v) is 2.84. The van der Waals surface area contributed by atoms with Gasteiger partial charge in [0.05, 0.1) is 0 Å². The van der Waals surface area contributed by atoms with Crippen LogP contribution in [0.15, 0.2) is 0 Å². The zero-order valence-corrected chi connectivity index (χ0v) is 9.47. The maximum atomic E-state index is 3.51. The Bertz CT molecular complexity index is 164. The normalized spacial score (nSPS) is 35.8. The van der Waals surface area contributed by atoms with Crippen LogP contribution in [0.2, 0.25) is 0 Å². The fourth-order valence-electron chi connectivity index (χ4n) is 2.84. The van der Waals surface area contributed by atoms with Gasteiger partial charge in [0.2, 0.25) is 0 Å². The van der Waals surface area contributed by atoms with E-state index in [-0.39, 0.29) is 0 Å². The number of likely N-dealkylation sites (tertiary alicyclic amines) is 1. The summed E-state index contributed by atoms with van der Waals surface area (Å²) < 4.78 is 0. The van der Waals surface area contributed by atoms with E-state index in [1.54, 1.807) is 0 Å². The minimum absolute atomic E-state index is 0.839. The number of nitrogens with zero attached hydrogens (tertiary/aromatic N) is 1. The minimum atomic E-state index is 0.839. The molecule has 2 fully saturated rings. The molecule has 2 aliphatic rings. The van der Waals surface area contributed by atoms with Gasteiger partial charge in [0, 0.05) is 12.6 Å². The van der Waals surface area contributed by atoms with Crippen molar-refractivity contribution in [2.75, 3.05) is 26.2 Å². The van der Waals surface area contributed by atoms with E-state index in [1.165, 1.54) is 58.3 Å². The zero-order valence-electron chi connectivity index (χ0n) is 9.47. The van der Waals surface area contributed by atoms with Crippen LogP contribution >= 0.6 is 0 Å². The van der Waals surface area contributed by atoms with Crippen LogP contribution in [0.25, 0.3) is 0 Å². The van der Waals surface area contributed by atoms with Crippen LogP contribution in [0, 0.1) is 5.92 Å². The van der Waals surface area contributed by atoms with Crippen molar-refractivity contribution in [2.24, 2.45) is 5.92 Å². The Hall–Kier alpha value is -0.0800. The Morgan fingerprint density at radius 1 is 1.21 bits per heavy atom. The van der Waals surface area contributed by atoms with Crippen molar-refractivity contribution in [1.29, 1.82) is 0 Å². The second-order valence-corrected chi connectivity index (χ2v) is 5.05. The van der Waals surface area contributed by atoms with Crippen LogP contribution in [-0.4, -0.2) is 37.1 Å². The number of piperidine rings is 2. The standard InChI is InChI=1S/C12H24N2/c1-11-5-2-3-8-14(11)10-12-6-4-7-13-9-12/h11-13H,2-10H2,1H3/t11-,12-/m1/s1. The molecule has 0 aromatic carbocycles. The van der Waals surface area contributed by atoms with Gasteiger partial charge in [-0.2, -0.15) is 0 Å². The van der Waals surface area contributed by atoms with Crippen LogP contribution in [0.4, 0.5) is 0 Å². The molecule has 82 valence electrons. The van der Waals surface area contributed by atoms with Gasteiger partial charge < -0.3 is 10.2 Å². The summed E-state index contributed by atoms with van der Waals surface area (Å²) in [6, 6.07) is 0.839. The molecule has 2 atom stereocenters. The molecule has 0 bridgehead atoms. The molecular formula is C12H24N2. The molecular weight excluding hydrogens is 172 g/mol. The summed E-state index contributed by atoms with van der Waals surface area (Å²) in [5.41, 5.74) is 0. The molecule has 0 saturated carbocycles. The molecule has 2 aliphatic heterocycles. The lowest BCUT2D eigenvalue weighted by Gasteiger charge is -2.37. The monoisotopic (exact) mass is 196 g/mol. The number of hydrogen-bond acceptors (Lipinski definition) is 2. The Morgan fingerprint density at radius 2 is 2.14 bits per heavy atom. The Kier molecular flexibility index (Phi) is 3.82. The third-order valence-corrected chi connectivity index (χ3v) is 3.83. The summed E-state index contributed by atoms with van der Waals surface area (Å²) in [5.74, 6) is 0.921. The lowest BCUT2D eigenvalue weighted by atomic mass is 9.96. The highest BCUT2D eigenvalue weighted by Gasteiger charge is 2.22. The molecule has 2 heteroatoms. The third kappa shape index (κ3) is 2.71. The van der Waals surface area contributed by atoms with Crippen LogP contribution in [-0.2, 0) is 0 Å². The van der Waals surface area contributed by atoms with Crippen molar-refractivity contribution in [3.05, 3.63) is 0 Å². The summed E-state index contributed by atoms with van der Waals surface area (Å²) in [6.45, 7) is 7.58. The maximum Gasteiger partial charge on any atom is 0.00670 e. The smallest absolute Gasteiger partial charge is 0.00670 e. The molecule has 2 saturated heterocycles. The van der Waals surface area contributed by atoms with Crippen molar-refractivity contribution in [3.63, 3.8) is 0 Å². The summed E-state index contributed by atoms with van der Waals surface area (Å²) in [6.07, 6.45) is 7.11. The molecule has 0 spiro atoms. The SMILES string of the molecule is C[C@@H]1CCCCN1C[C@@H]1CCCNC1. The van der Waals surface area contributed by atoms with Crippen molar-refractivity contribution in [3.8, 4) is 0 Å². The highest BCUT2D eigenvalue weighted by Crippen LogP contribution is 2.20. The zero-order chi connectivity index (χ0) is 9.80. The molecule has 0 aromatic rings. The quantitative estimate of drug-likeness (QED) is 0.725. The van der Waals surface area contributed by atoms with E-state index in [4.69, 9.17) is 0 Å². The molecule has 1 N–H and O–H groups in total. The van der Waals surface area contributed by atoms with E-state index in [9.17, 15) is 0 Å². The predicted octanol–water partition coefficient (Wildman–Crippen LogP) is 1.86. The van der Waals surface area contributed by atoms with E-state index in [2.05, 4.69) is 17.1 Å². The molecule has 0 radical (unpaired) electrons. The van der Waals surface area contributed by atoms with Gasteiger partial charge in [0.1, 0.15) is 0 Å². The van der Waals surface area contributed by atoms with Gasteiger partial charge in [-0.05, 0) is 58.2 Å². The summed E-state index contributed by atoms with van der Waals surface area (Å²) in [4.78, 5) is 2.71. The van der Waals surface area contributed by atoms with Crippen LogP contribution in [0.5, 0.6) is 0 Å². The highest BCUT2D eigenvalue weighted by molar-refractivity contribution is 4.78. The van der Waals surface area contributed by atoms with Gasteiger partial charge in [-0.25, -0.2) is 0 Å². The number of hydrogen-bond donors (Lipinski definition) is 1. The second-order valence-electron chi connectivity index (χ2n) is 5.05. The summed E-state index contributed by atoms with van der Waals surface area (Å²) in [7, 11) is 0. The van der Waals surface area contributed by atoms with Crippen LogP contribution in [0.1, 0.15) is 39.0 Å². The molecule has 2 rings (SSSR count).